The van der Waals surface area contributed by atoms with Crippen molar-refractivity contribution in [2.24, 2.45) is 0 Å². The van der Waals surface area contributed by atoms with Gasteiger partial charge in [-0.1, -0.05) is 0 Å². The van der Waals surface area contributed by atoms with Gasteiger partial charge < -0.3 is 10.1 Å². The summed E-state index contributed by atoms with van der Waals surface area (Å²) >= 11 is 0. The first kappa shape index (κ1) is 11.6. The molecule has 1 aliphatic heterocycles. The van der Waals surface area contributed by atoms with E-state index < -0.39 is 12.0 Å². The van der Waals surface area contributed by atoms with Crippen molar-refractivity contribution < 1.29 is 19.1 Å². The van der Waals surface area contributed by atoms with Crippen molar-refractivity contribution in [3.8, 4) is 0 Å². The molecule has 1 unspecified atom stereocenters. The highest BCUT2D eigenvalue weighted by Gasteiger charge is 2.32. The van der Waals surface area contributed by atoms with E-state index in [2.05, 4.69) is 10.1 Å². The second-order valence-electron chi connectivity index (χ2n) is 3.26. The van der Waals surface area contributed by atoms with Gasteiger partial charge >= 0.3 is 5.97 Å². The van der Waals surface area contributed by atoms with Crippen molar-refractivity contribution in [1.82, 2.24) is 10.2 Å². The Morgan fingerprint density at radius 1 is 1.47 bits per heavy atom. The van der Waals surface area contributed by atoms with E-state index in [0.29, 0.717) is 0 Å². The number of nitrogens with one attached hydrogen (secondary N) is 1. The fourth-order valence-electron chi connectivity index (χ4n) is 1.44. The van der Waals surface area contributed by atoms with Crippen LogP contribution in [0.5, 0.6) is 0 Å². The molecular weight excluding hydrogens is 200 g/mol. The minimum absolute atomic E-state index is 0.0425. The zero-order chi connectivity index (χ0) is 11.4. The lowest BCUT2D eigenvalue weighted by Gasteiger charge is -2.19. The molecule has 1 N–H and O–H groups in total. The van der Waals surface area contributed by atoms with Crippen LogP contribution in [0.3, 0.4) is 0 Å². The average molecular weight is 214 g/mol. The Morgan fingerprint density at radius 2 is 2.00 bits per heavy atom. The Bertz CT molecular complexity index is 274. The Hall–Kier alpha value is -1.43. The number of carbonyl (C=O) groups is 3. The van der Waals surface area contributed by atoms with Crippen molar-refractivity contribution >= 4 is 17.8 Å². The lowest BCUT2D eigenvalue weighted by molar-refractivity contribution is -0.145. The molecule has 84 valence electrons. The summed E-state index contributed by atoms with van der Waals surface area (Å²) in [5.74, 6) is -0.946. The Kier molecular flexibility index (Phi) is 3.79. The number of methoxy groups -OCH3 is 1. The minimum Gasteiger partial charge on any atom is -0.468 e. The number of nitrogens with zero attached hydrogens (tertiary/aromatic N) is 1. The molecule has 0 aromatic carbocycles. The van der Waals surface area contributed by atoms with Gasteiger partial charge in [-0.3, -0.25) is 19.3 Å². The fourth-order valence-corrected chi connectivity index (χ4v) is 1.44. The molecule has 0 aliphatic carbocycles. The number of amides is 2. The number of carbonyl (C=O) groups excluding carboxylic acids is 3. The molecule has 6 heteroatoms. The van der Waals surface area contributed by atoms with Crippen LogP contribution in [-0.4, -0.2) is 49.4 Å². The maximum absolute atomic E-state index is 11.3. The summed E-state index contributed by atoms with van der Waals surface area (Å²) in [6.45, 7) is 0.0425. The highest BCUT2D eigenvalue weighted by Crippen LogP contribution is 2.12. The van der Waals surface area contributed by atoms with Crippen molar-refractivity contribution in [3.05, 3.63) is 0 Å². The molecular formula is C9H14N2O4. The summed E-state index contributed by atoms with van der Waals surface area (Å²) in [4.78, 5) is 34.8. The monoisotopic (exact) mass is 214 g/mol. The molecule has 0 bridgehead atoms. The van der Waals surface area contributed by atoms with Gasteiger partial charge in [0.25, 0.3) is 0 Å². The van der Waals surface area contributed by atoms with Gasteiger partial charge in [0.15, 0.2) is 0 Å². The molecule has 1 aliphatic rings. The van der Waals surface area contributed by atoms with Gasteiger partial charge in [0.1, 0.15) is 6.04 Å². The van der Waals surface area contributed by atoms with Crippen LogP contribution in [0.15, 0.2) is 0 Å². The van der Waals surface area contributed by atoms with Crippen molar-refractivity contribution in [2.75, 3.05) is 20.7 Å². The van der Waals surface area contributed by atoms with Gasteiger partial charge in [0, 0.05) is 12.8 Å². The van der Waals surface area contributed by atoms with Gasteiger partial charge in [-0.15, -0.1) is 0 Å². The molecule has 0 radical (unpaired) electrons. The van der Waals surface area contributed by atoms with E-state index in [-0.39, 0.29) is 31.2 Å². The first-order valence-electron chi connectivity index (χ1n) is 4.68. The lowest BCUT2D eigenvalue weighted by Crippen LogP contribution is -2.46. The molecule has 2 amide bonds. The summed E-state index contributed by atoms with van der Waals surface area (Å²) in [6.07, 6.45) is 0.465. The van der Waals surface area contributed by atoms with Crippen LogP contribution in [-0.2, 0) is 19.1 Å². The maximum Gasteiger partial charge on any atom is 0.324 e. The highest BCUT2D eigenvalue weighted by atomic mass is 16.5. The van der Waals surface area contributed by atoms with Crippen molar-refractivity contribution in [1.29, 1.82) is 0 Å². The first-order chi connectivity index (χ1) is 7.10. The van der Waals surface area contributed by atoms with Crippen LogP contribution < -0.4 is 5.32 Å². The number of imide groups is 1. The lowest BCUT2D eigenvalue weighted by atomic mass is 10.3. The second kappa shape index (κ2) is 4.88. The van der Waals surface area contributed by atoms with Crippen LogP contribution in [0.2, 0.25) is 0 Å². The molecule has 0 saturated carbocycles. The summed E-state index contributed by atoms with van der Waals surface area (Å²) in [6, 6.07) is -0.652. The molecule has 1 fully saturated rings. The van der Waals surface area contributed by atoms with Crippen molar-refractivity contribution in [2.45, 2.75) is 18.9 Å². The first-order valence-corrected chi connectivity index (χ1v) is 4.68. The minimum atomic E-state index is -0.652. The maximum atomic E-state index is 11.3. The SMILES string of the molecule is CNC(CN1C(=O)CCC1=O)C(=O)OC. The molecule has 1 saturated heterocycles. The summed E-state index contributed by atoms with van der Waals surface area (Å²) < 4.78 is 4.53. The van der Waals surface area contributed by atoms with E-state index in [9.17, 15) is 14.4 Å². The Labute approximate surface area is 87.6 Å². The number of rotatable bonds is 4. The van der Waals surface area contributed by atoms with E-state index in [1.807, 2.05) is 0 Å². The zero-order valence-corrected chi connectivity index (χ0v) is 8.78. The number of ether oxygens (including phenoxy) is 1. The normalized spacial score (nSPS) is 18.1. The van der Waals surface area contributed by atoms with Crippen LogP contribution in [0.1, 0.15) is 12.8 Å². The van der Waals surface area contributed by atoms with E-state index >= 15 is 0 Å². The summed E-state index contributed by atoms with van der Waals surface area (Å²) in [7, 11) is 2.84. The van der Waals surface area contributed by atoms with Gasteiger partial charge in [0.2, 0.25) is 11.8 Å². The molecule has 6 nitrogen and oxygen atoms in total. The average Bonchev–Trinajstić information content (AvgIpc) is 2.55. The molecule has 15 heavy (non-hydrogen) atoms. The molecule has 0 aromatic rings. The van der Waals surface area contributed by atoms with Crippen LogP contribution in [0.25, 0.3) is 0 Å². The van der Waals surface area contributed by atoms with Gasteiger partial charge in [-0.25, -0.2) is 0 Å². The van der Waals surface area contributed by atoms with Crippen LogP contribution in [0.4, 0.5) is 0 Å². The van der Waals surface area contributed by atoms with Gasteiger partial charge in [-0.05, 0) is 7.05 Å². The molecule has 1 atom stereocenters. The number of hydrogen-bond acceptors (Lipinski definition) is 5. The van der Waals surface area contributed by atoms with E-state index in [4.69, 9.17) is 0 Å². The third-order valence-corrected chi connectivity index (χ3v) is 2.35. The molecule has 0 spiro atoms. The standard InChI is InChI=1S/C9H14N2O4/c1-10-6(9(14)15-2)5-11-7(12)3-4-8(11)13/h6,10H,3-5H2,1-2H3. The third kappa shape index (κ3) is 2.53. The summed E-state index contributed by atoms with van der Waals surface area (Å²) in [5, 5.41) is 2.70. The molecule has 0 aromatic heterocycles. The Balaban J connectivity index is 2.62. The third-order valence-electron chi connectivity index (χ3n) is 2.35. The topological polar surface area (TPSA) is 75.7 Å². The largest absolute Gasteiger partial charge is 0.468 e. The molecule has 1 rings (SSSR count). The van der Waals surface area contributed by atoms with Crippen LogP contribution >= 0.6 is 0 Å². The quantitative estimate of drug-likeness (QED) is 0.474. The van der Waals surface area contributed by atoms with E-state index in [0.717, 1.165) is 4.90 Å². The predicted molar refractivity (Wildman–Crippen MR) is 50.8 cm³/mol. The summed E-state index contributed by atoms with van der Waals surface area (Å²) in [5.41, 5.74) is 0. The number of likely N-dealkylation sites (tertiary alicyclic amines) is 1. The van der Waals surface area contributed by atoms with E-state index in [1.54, 1.807) is 7.05 Å². The van der Waals surface area contributed by atoms with Crippen LogP contribution in [0, 0.1) is 0 Å². The zero-order valence-electron chi connectivity index (χ0n) is 8.78. The van der Waals surface area contributed by atoms with Crippen molar-refractivity contribution in [3.63, 3.8) is 0 Å². The smallest absolute Gasteiger partial charge is 0.324 e. The van der Waals surface area contributed by atoms with Gasteiger partial charge in [0.05, 0.1) is 13.7 Å². The van der Waals surface area contributed by atoms with E-state index in [1.165, 1.54) is 7.11 Å². The number of hydrogen-bond donors (Lipinski definition) is 1. The number of esters is 1. The highest BCUT2D eigenvalue weighted by molar-refractivity contribution is 6.02. The predicted octanol–water partition coefficient (Wildman–Crippen LogP) is -1.10. The van der Waals surface area contributed by atoms with Gasteiger partial charge in [-0.2, -0.15) is 0 Å². The Morgan fingerprint density at radius 3 is 2.40 bits per heavy atom. The second-order valence-corrected chi connectivity index (χ2v) is 3.26. The molecule has 1 heterocycles. The number of likely N-dealkylation sites (N-methyl/N-ethyl adjacent to an activating group) is 1. The fraction of sp³-hybridized carbons (Fsp3) is 0.667.